The predicted octanol–water partition coefficient (Wildman–Crippen LogP) is 5.12. The number of sulfonamides is 1. The summed E-state index contributed by atoms with van der Waals surface area (Å²) in [5.74, 6) is 0.655. The molecule has 0 fully saturated rings. The Kier molecular flexibility index (Phi) is 9.51. The lowest BCUT2D eigenvalue weighted by Crippen LogP contribution is -2.33. The first-order valence-corrected chi connectivity index (χ1v) is 14.1. The highest BCUT2D eigenvalue weighted by Crippen LogP contribution is 2.26. The van der Waals surface area contributed by atoms with Crippen LogP contribution in [0.1, 0.15) is 74.8 Å². The number of aromatic nitrogens is 3. The van der Waals surface area contributed by atoms with Gasteiger partial charge in [-0.05, 0) is 42.7 Å². The van der Waals surface area contributed by atoms with Gasteiger partial charge < -0.3 is 9.30 Å². The smallest absolute Gasteiger partial charge is 0.283 e. The number of nitrogens with one attached hydrogen (secondary N) is 1. The van der Waals surface area contributed by atoms with E-state index in [1.54, 1.807) is 12.1 Å². The first kappa shape index (κ1) is 26.9. The Labute approximate surface area is 212 Å². The van der Waals surface area contributed by atoms with E-state index in [0.29, 0.717) is 48.6 Å². The van der Waals surface area contributed by atoms with Gasteiger partial charge in [0.15, 0.2) is 5.65 Å². The lowest BCUT2D eigenvalue weighted by molar-refractivity contribution is 0.0977. The van der Waals surface area contributed by atoms with E-state index in [9.17, 15) is 13.2 Å². The second kappa shape index (κ2) is 12.4. The molecule has 0 atom stereocenters. The molecular formula is C25H33ClN4O4S. The highest BCUT2D eigenvalue weighted by atomic mass is 35.5. The number of carbonyl (C=O) groups is 1. The molecule has 2 heterocycles. The van der Waals surface area contributed by atoms with Gasteiger partial charge in [-0.2, -0.15) is 0 Å². The van der Waals surface area contributed by atoms with Gasteiger partial charge in [0.2, 0.25) is 10.0 Å². The SMILES string of the molecule is CCCCCOc1ccc(Cn2c(CC)nc3ccc(C(=O)NS(=O)(=O)CCCC)nc32)c(Cl)c1. The monoisotopic (exact) mass is 520 g/mol. The summed E-state index contributed by atoms with van der Waals surface area (Å²) in [6.07, 6.45) is 5.10. The Hall–Kier alpha value is -2.65. The molecule has 0 spiro atoms. The number of nitrogens with zero attached hydrogens (tertiary/aromatic N) is 3. The van der Waals surface area contributed by atoms with Gasteiger partial charge >= 0.3 is 0 Å². The number of benzene rings is 1. The number of amides is 1. The molecule has 1 N–H and O–H groups in total. The maximum absolute atomic E-state index is 12.6. The molecule has 0 radical (unpaired) electrons. The first-order valence-electron chi connectivity index (χ1n) is 12.1. The molecule has 0 saturated carbocycles. The molecule has 2 aromatic heterocycles. The van der Waals surface area contributed by atoms with Crippen LogP contribution in [-0.4, -0.2) is 41.2 Å². The molecule has 0 unspecified atom stereocenters. The number of hydrogen-bond donors (Lipinski definition) is 1. The Bertz CT molecular complexity index is 1270. The zero-order valence-corrected chi connectivity index (χ0v) is 22.1. The second-order valence-electron chi connectivity index (χ2n) is 8.42. The topological polar surface area (TPSA) is 103 Å². The van der Waals surface area contributed by atoms with E-state index in [1.165, 1.54) is 6.07 Å². The van der Waals surface area contributed by atoms with Gasteiger partial charge in [-0.3, -0.25) is 4.79 Å². The third kappa shape index (κ3) is 7.18. The Morgan fingerprint density at radius 3 is 2.51 bits per heavy atom. The second-order valence-corrected chi connectivity index (χ2v) is 10.7. The molecular weight excluding hydrogens is 488 g/mol. The summed E-state index contributed by atoms with van der Waals surface area (Å²) in [6, 6.07) is 8.79. The van der Waals surface area contributed by atoms with Crippen molar-refractivity contribution in [3.05, 3.63) is 52.4 Å². The summed E-state index contributed by atoms with van der Waals surface area (Å²) >= 11 is 6.56. The van der Waals surface area contributed by atoms with Gasteiger partial charge in [-0.1, -0.05) is 57.7 Å². The molecule has 0 aliphatic heterocycles. The van der Waals surface area contributed by atoms with Crippen LogP contribution in [0.2, 0.25) is 5.02 Å². The molecule has 10 heteroatoms. The average molecular weight is 521 g/mol. The fourth-order valence-corrected chi connectivity index (χ4v) is 5.04. The molecule has 190 valence electrons. The van der Waals surface area contributed by atoms with Crippen LogP contribution in [-0.2, 0) is 23.0 Å². The van der Waals surface area contributed by atoms with Crippen molar-refractivity contribution in [3.8, 4) is 5.75 Å². The van der Waals surface area contributed by atoms with Crippen molar-refractivity contribution in [2.24, 2.45) is 0 Å². The highest BCUT2D eigenvalue weighted by molar-refractivity contribution is 7.90. The maximum Gasteiger partial charge on any atom is 0.283 e. The molecule has 0 bridgehead atoms. The van der Waals surface area contributed by atoms with E-state index < -0.39 is 15.9 Å². The molecule has 1 aromatic carbocycles. The molecule has 0 saturated heterocycles. The van der Waals surface area contributed by atoms with Crippen molar-refractivity contribution in [1.29, 1.82) is 0 Å². The summed E-state index contributed by atoms with van der Waals surface area (Å²) < 4.78 is 34.1. The minimum Gasteiger partial charge on any atom is -0.494 e. The summed E-state index contributed by atoms with van der Waals surface area (Å²) in [4.78, 5) is 21.7. The van der Waals surface area contributed by atoms with Crippen LogP contribution in [0.5, 0.6) is 5.75 Å². The lowest BCUT2D eigenvalue weighted by atomic mass is 10.2. The first-order chi connectivity index (χ1) is 16.8. The Morgan fingerprint density at radius 2 is 1.83 bits per heavy atom. The van der Waals surface area contributed by atoms with Crippen LogP contribution in [0.15, 0.2) is 30.3 Å². The molecule has 1 amide bonds. The van der Waals surface area contributed by atoms with Gasteiger partial charge in [0.1, 0.15) is 22.8 Å². The van der Waals surface area contributed by atoms with Crippen LogP contribution in [0.25, 0.3) is 11.2 Å². The third-order valence-corrected chi connectivity index (χ3v) is 7.28. The minimum atomic E-state index is -3.71. The van der Waals surface area contributed by atoms with Gasteiger partial charge in [-0.15, -0.1) is 0 Å². The average Bonchev–Trinajstić information content (AvgIpc) is 3.18. The van der Waals surface area contributed by atoms with Gasteiger partial charge in [-0.25, -0.2) is 23.1 Å². The summed E-state index contributed by atoms with van der Waals surface area (Å²) in [6.45, 7) is 7.08. The van der Waals surface area contributed by atoms with Crippen molar-refractivity contribution < 1.29 is 17.9 Å². The van der Waals surface area contributed by atoms with Crippen molar-refractivity contribution in [3.63, 3.8) is 0 Å². The van der Waals surface area contributed by atoms with Gasteiger partial charge in [0.05, 0.1) is 18.9 Å². The normalized spacial score (nSPS) is 11.7. The number of ether oxygens (including phenoxy) is 1. The minimum absolute atomic E-state index is 0.0169. The van der Waals surface area contributed by atoms with Crippen LogP contribution in [0.3, 0.4) is 0 Å². The quantitative estimate of drug-likeness (QED) is 0.313. The molecule has 3 rings (SSSR count). The molecule has 3 aromatic rings. The summed E-state index contributed by atoms with van der Waals surface area (Å²) in [5, 5.41) is 0.567. The van der Waals surface area contributed by atoms with E-state index >= 15 is 0 Å². The Morgan fingerprint density at radius 1 is 1.06 bits per heavy atom. The zero-order valence-electron chi connectivity index (χ0n) is 20.5. The van der Waals surface area contributed by atoms with E-state index in [0.717, 1.165) is 36.4 Å². The van der Waals surface area contributed by atoms with E-state index in [2.05, 4.69) is 21.6 Å². The zero-order chi connectivity index (χ0) is 25.4. The van der Waals surface area contributed by atoms with Crippen molar-refractivity contribution in [2.75, 3.05) is 12.4 Å². The number of fused-ring (bicyclic) bond motifs is 1. The number of imidazole rings is 1. The lowest BCUT2D eigenvalue weighted by Gasteiger charge is -2.12. The number of aryl methyl sites for hydroxylation is 1. The Balaban J connectivity index is 1.85. The van der Waals surface area contributed by atoms with Gasteiger partial charge in [0.25, 0.3) is 5.91 Å². The number of unbranched alkanes of at least 4 members (excludes halogenated alkanes) is 3. The fourth-order valence-electron chi connectivity index (χ4n) is 3.65. The number of carbonyl (C=O) groups excluding carboxylic acids is 1. The molecule has 35 heavy (non-hydrogen) atoms. The largest absolute Gasteiger partial charge is 0.494 e. The van der Waals surface area contributed by atoms with E-state index in [-0.39, 0.29) is 11.4 Å². The predicted molar refractivity (Wildman–Crippen MR) is 139 cm³/mol. The summed E-state index contributed by atoms with van der Waals surface area (Å²) in [7, 11) is -3.71. The van der Waals surface area contributed by atoms with Crippen LogP contribution < -0.4 is 9.46 Å². The van der Waals surface area contributed by atoms with E-state index in [1.807, 2.05) is 30.5 Å². The molecule has 8 nitrogen and oxygen atoms in total. The number of hydrogen-bond acceptors (Lipinski definition) is 6. The maximum atomic E-state index is 12.6. The van der Waals surface area contributed by atoms with Crippen molar-refractivity contribution >= 4 is 38.7 Å². The number of rotatable bonds is 13. The van der Waals surface area contributed by atoms with Crippen LogP contribution in [0.4, 0.5) is 0 Å². The molecule has 0 aliphatic rings. The van der Waals surface area contributed by atoms with Crippen LogP contribution >= 0.6 is 11.6 Å². The fraction of sp³-hybridized carbons (Fsp3) is 0.480. The van der Waals surface area contributed by atoms with Crippen LogP contribution in [0, 0.1) is 0 Å². The summed E-state index contributed by atoms with van der Waals surface area (Å²) in [5.41, 5.74) is 2.00. The van der Waals surface area contributed by atoms with Crippen molar-refractivity contribution in [1.82, 2.24) is 19.3 Å². The highest BCUT2D eigenvalue weighted by Gasteiger charge is 2.19. The van der Waals surface area contributed by atoms with E-state index in [4.69, 9.17) is 16.3 Å². The standard InChI is InChI=1S/C25H33ClN4O4S/c1-4-7-9-14-34-19-11-10-18(20(26)16-19)17-30-23(6-3)27-21-12-13-22(28-24(21)30)25(31)29-35(32,33)15-8-5-2/h10-13,16H,4-9,14-15,17H2,1-3H3,(H,29,31). The third-order valence-electron chi connectivity index (χ3n) is 5.60. The van der Waals surface area contributed by atoms with Crippen molar-refractivity contribution in [2.45, 2.75) is 65.8 Å². The number of pyridine rings is 1. The number of halogens is 1. The molecule has 0 aliphatic carbocycles. The van der Waals surface area contributed by atoms with Gasteiger partial charge in [0, 0.05) is 11.4 Å².